The SMILES string of the molecule is CCOC(=O)c1sc(N2C(=O)C(=O)/C(=C(/O)c3ccc4c(c3)OCCO4)C2c2ccc(OC)cc2)nc1C. The molecule has 0 spiro atoms. The molecule has 1 fully saturated rings. The van der Waals surface area contributed by atoms with Crippen LogP contribution in [-0.2, 0) is 14.3 Å². The molecule has 1 N–H and O–H groups in total. The molecule has 1 amide bonds. The minimum absolute atomic E-state index is 0.123. The van der Waals surface area contributed by atoms with Crippen LogP contribution in [0.5, 0.6) is 17.2 Å². The summed E-state index contributed by atoms with van der Waals surface area (Å²) in [5.74, 6) is -1.19. The van der Waals surface area contributed by atoms with Gasteiger partial charge < -0.3 is 24.1 Å². The Morgan fingerprint density at radius 3 is 2.53 bits per heavy atom. The summed E-state index contributed by atoms with van der Waals surface area (Å²) in [6.45, 7) is 4.24. The van der Waals surface area contributed by atoms with E-state index in [0.717, 1.165) is 11.3 Å². The number of aliphatic hydroxyl groups excluding tert-OH is 1. The summed E-state index contributed by atoms with van der Waals surface area (Å²) in [7, 11) is 1.53. The highest BCUT2D eigenvalue weighted by molar-refractivity contribution is 7.17. The summed E-state index contributed by atoms with van der Waals surface area (Å²) in [4.78, 5) is 45.1. The minimum atomic E-state index is -1.02. The molecule has 1 saturated heterocycles. The van der Waals surface area contributed by atoms with Crippen molar-refractivity contribution in [3.05, 3.63) is 69.7 Å². The number of benzene rings is 2. The van der Waals surface area contributed by atoms with Crippen molar-refractivity contribution in [1.29, 1.82) is 0 Å². The second kappa shape index (κ2) is 10.2. The van der Waals surface area contributed by atoms with Gasteiger partial charge in [-0.15, -0.1) is 0 Å². The maximum atomic E-state index is 13.4. The summed E-state index contributed by atoms with van der Waals surface area (Å²) in [5, 5.41) is 11.5. The number of ether oxygens (including phenoxy) is 4. The average Bonchev–Trinajstić information content (AvgIpc) is 3.44. The molecule has 1 unspecified atom stereocenters. The number of aryl methyl sites for hydroxylation is 1. The number of hydrogen-bond donors (Lipinski definition) is 1. The number of rotatable bonds is 6. The highest BCUT2D eigenvalue weighted by Gasteiger charge is 2.48. The van der Waals surface area contributed by atoms with Crippen molar-refractivity contribution in [2.24, 2.45) is 0 Å². The second-order valence-corrected chi connectivity index (χ2v) is 9.41. The molecule has 3 heterocycles. The van der Waals surface area contributed by atoms with E-state index in [1.54, 1.807) is 56.3 Å². The van der Waals surface area contributed by atoms with Crippen molar-refractivity contribution >= 4 is 39.9 Å². The molecular weight excluding hydrogens is 512 g/mol. The van der Waals surface area contributed by atoms with Crippen LogP contribution in [0.3, 0.4) is 0 Å². The van der Waals surface area contributed by atoms with Gasteiger partial charge in [-0.05, 0) is 49.7 Å². The topological polar surface area (TPSA) is 124 Å². The Labute approximate surface area is 222 Å². The highest BCUT2D eigenvalue weighted by atomic mass is 32.1. The van der Waals surface area contributed by atoms with Crippen LogP contribution in [0, 0.1) is 6.92 Å². The Morgan fingerprint density at radius 2 is 1.84 bits per heavy atom. The molecular formula is C27H24N2O8S. The molecule has 2 aromatic carbocycles. The number of methoxy groups -OCH3 is 1. The van der Waals surface area contributed by atoms with Gasteiger partial charge in [0.15, 0.2) is 16.6 Å². The van der Waals surface area contributed by atoms with Crippen molar-refractivity contribution in [2.75, 3.05) is 31.8 Å². The van der Waals surface area contributed by atoms with Crippen LogP contribution in [0.4, 0.5) is 5.13 Å². The number of amides is 1. The van der Waals surface area contributed by atoms with Gasteiger partial charge in [0, 0.05) is 5.56 Å². The average molecular weight is 537 g/mol. The number of thiazole rings is 1. The first-order chi connectivity index (χ1) is 18.3. The lowest BCUT2D eigenvalue weighted by Crippen LogP contribution is -2.29. The minimum Gasteiger partial charge on any atom is -0.507 e. The molecule has 0 saturated carbocycles. The lowest BCUT2D eigenvalue weighted by Gasteiger charge is -2.23. The molecule has 2 aliphatic heterocycles. The van der Waals surface area contributed by atoms with Crippen LogP contribution in [0.25, 0.3) is 5.76 Å². The maximum absolute atomic E-state index is 13.4. The van der Waals surface area contributed by atoms with Crippen LogP contribution in [-0.4, -0.2) is 54.7 Å². The molecule has 10 nitrogen and oxygen atoms in total. The summed E-state index contributed by atoms with van der Waals surface area (Å²) >= 11 is 0.947. The molecule has 1 aromatic heterocycles. The molecule has 11 heteroatoms. The number of nitrogens with zero attached hydrogens (tertiary/aromatic N) is 2. The Kier molecular flexibility index (Phi) is 6.77. The van der Waals surface area contributed by atoms with Crippen molar-refractivity contribution in [3.63, 3.8) is 0 Å². The van der Waals surface area contributed by atoms with E-state index in [-0.39, 0.29) is 33.5 Å². The van der Waals surface area contributed by atoms with E-state index < -0.39 is 23.7 Å². The number of carbonyl (C=O) groups excluding carboxylic acids is 3. The first kappa shape index (κ1) is 25.3. The summed E-state index contributed by atoms with van der Waals surface area (Å²) in [6, 6.07) is 10.6. The Morgan fingerprint density at radius 1 is 1.13 bits per heavy atom. The number of ketones is 1. The number of esters is 1. The lowest BCUT2D eigenvalue weighted by molar-refractivity contribution is -0.132. The predicted molar refractivity (Wildman–Crippen MR) is 138 cm³/mol. The highest BCUT2D eigenvalue weighted by Crippen LogP contribution is 2.45. The Hall–Kier alpha value is -4.38. The second-order valence-electron chi connectivity index (χ2n) is 8.43. The van der Waals surface area contributed by atoms with E-state index in [0.29, 0.717) is 41.7 Å². The molecule has 1 atom stereocenters. The molecule has 38 heavy (non-hydrogen) atoms. The third kappa shape index (κ3) is 4.34. The van der Waals surface area contributed by atoms with Crippen molar-refractivity contribution < 1.29 is 38.4 Å². The number of aromatic nitrogens is 1. The number of Topliss-reactive ketones (excluding diaryl/α,β-unsaturated/α-hetero) is 1. The maximum Gasteiger partial charge on any atom is 0.350 e. The van der Waals surface area contributed by atoms with Gasteiger partial charge in [0.2, 0.25) is 0 Å². The molecule has 5 rings (SSSR count). The predicted octanol–water partition coefficient (Wildman–Crippen LogP) is 4.03. The summed E-state index contributed by atoms with van der Waals surface area (Å²) < 4.78 is 21.5. The van der Waals surface area contributed by atoms with E-state index in [1.807, 2.05) is 0 Å². The molecule has 0 radical (unpaired) electrons. The molecule has 0 aliphatic carbocycles. The number of anilines is 1. The van der Waals surface area contributed by atoms with Gasteiger partial charge in [-0.2, -0.15) is 0 Å². The fraction of sp³-hybridized carbons (Fsp3) is 0.259. The molecule has 196 valence electrons. The first-order valence-electron chi connectivity index (χ1n) is 11.8. The van der Waals surface area contributed by atoms with E-state index in [2.05, 4.69) is 4.98 Å². The Bertz CT molecular complexity index is 1460. The zero-order valence-electron chi connectivity index (χ0n) is 20.8. The van der Waals surface area contributed by atoms with Gasteiger partial charge in [0.1, 0.15) is 29.6 Å². The zero-order valence-corrected chi connectivity index (χ0v) is 21.7. The van der Waals surface area contributed by atoms with E-state index >= 15 is 0 Å². The van der Waals surface area contributed by atoms with Gasteiger partial charge in [-0.25, -0.2) is 9.78 Å². The molecule has 3 aromatic rings. The number of fused-ring (bicyclic) bond motifs is 1. The summed E-state index contributed by atoms with van der Waals surface area (Å²) in [6.07, 6.45) is 0. The van der Waals surface area contributed by atoms with E-state index in [4.69, 9.17) is 18.9 Å². The number of aliphatic hydroxyl groups is 1. The van der Waals surface area contributed by atoms with Crippen molar-refractivity contribution in [2.45, 2.75) is 19.9 Å². The summed E-state index contributed by atoms with van der Waals surface area (Å²) in [5.41, 5.74) is 1.07. The third-order valence-corrected chi connectivity index (χ3v) is 7.28. The number of carbonyl (C=O) groups is 3. The zero-order chi connectivity index (χ0) is 27.0. The van der Waals surface area contributed by atoms with Gasteiger partial charge in [0.25, 0.3) is 5.78 Å². The van der Waals surface area contributed by atoms with Gasteiger partial charge >= 0.3 is 11.9 Å². The van der Waals surface area contributed by atoms with Crippen LogP contribution in [0.2, 0.25) is 0 Å². The fourth-order valence-corrected chi connectivity index (χ4v) is 5.34. The van der Waals surface area contributed by atoms with Crippen LogP contribution in [0.1, 0.15) is 39.5 Å². The third-order valence-electron chi connectivity index (χ3n) is 6.14. The van der Waals surface area contributed by atoms with Crippen LogP contribution in [0.15, 0.2) is 48.0 Å². The smallest absolute Gasteiger partial charge is 0.350 e. The van der Waals surface area contributed by atoms with E-state index in [9.17, 15) is 19.5 Å². The normalized spacial score (nSPS) is 18.0. The van der Waals surface area contributed by atoms with Crippen molar-refractivity contribution in [1.82, 2.24) is 4.98 Å². The largest absolute Gasteiger partial charge is 0.507 e. The lowest BCUT2D eigenvalue weighted by atomic mass is 9.95. The van der Waals surface area contributed by atoms with Gasteiger partial charge in [-0.1, -0.05) is 23.5 Å². The van der Waals surface area contributed by atoms with Gasteiger partial charge in [-0.3, -0.25) is 14.5 Å². The van der Waals surface area contributed by atoms with Crippen LogP contribution >= 0.6 is 11.3 Å². The van der Waals surface area contributed by atoms with E-state index in [1.165, 1.54) is 12.0 Å². The fourth-order valence-electron chi connectivity index (χ4n) is 4.35. The monoisotopic (exact) mass is 536 g/mol. The molecule has 0 bridgehead atoms. The van der Waals surface area contributed by atoms with Crippen molar-refractivity contribution in [3.8, 4) is 17.2 Å². The standard InChI is InChI=1S/C27H24N2O8S/c1-4-35-26(33)24-14(2)28-27(38-24)29-21(15-5-8-17(34-3)9-6-15)20(23(31)25(29)32)22(30)16-7-10-18-19(13-16)37-12-11-36-18/h5-10,13,21,30H,4,11-12H2,1-3H3/b22-20+. The Balaban J connectivity index is 1.66. The van der Waals surface area contributed by atoms with Crippen LogP contribution < -0.4 is 19.1 Å². The molecule has 2 aliphatic rings. The number of hydrogen-bond acceptors (Lipinski definition) is 10. The quantitative estimate of drug-likeness (QED) is 0.215. The first-order valence-corrected chi connectivity index (χ1v) is 12.6. The van der Waals surface area contributed by atoms with Gasteiger partial charge in [0.05, 0.1) is 31.0 Å².